The summed E-state index contributed by atoms with van der Waals surface area (Å²) in [5.41, 5.74) is 7.02. The molecule has 0 radical (unpaired) electrons. The third kappa shape index (κ3) is 4.14. The molecule has 0 spiro atoms. The first-order valence-corrected chi connectivity index (χ1v) is 6.34. The van der Waals surface area contributed by atoms with Crippen LogP contribution in [0.5, 0.6) is 0 Å². The lowest BCUT2D eigenvalue weighted by atomic mass is 9.88. The van der Waals surface area contributed by atoms with Gasteiger partial charge in [-0.3, -0.25) is 9.48 Å². The molecule has 0 unspecified atom stereocenters. The van der Waals surface area contributed by atoms with Crippen molar-refractivity contribution in [2.24, 2.45) is 18.2 Å². The first-order chi connectivity index (χ1) is 8.35. The van der Waals surface area contributed by atoms with Crippen LogP contribution < -0.4 is 11.1 Å². The molecular formula is C13H24N4O. The molecule has 18 heavy (non-hydrogen) atoms. The molecular weight excluding hydrogens is 228 g/mol. The molecule has 0 atom stereocenters. The molecule has 0 aliphatic heterocycles. The number of nitrogens with zero attached hydrogens (tertiary/aromatic N) is 2. The number of carbonyl (C=O) groups is 1. The summed E-state index contributed by atoms with van der Waals surface area (Å²) in [6.45, 7) is 7.52. The van der Waals surface area contributed by atoms with E-state index in [4.69, 9.17) is 5.73 Å². The fourth-order valence-electron chi connectivity index (χ4n) is 1.75. The Morgan fingerprint density at radius 3 is 2.72 bits per heavy atom. The van der Waals surface area contributed by atoms with E-state index in [0.29, 0.717) is 18.8 Å². The van der Waals surface area contributed by atoms with Crippen LogP contribution in [0.2, 0.25) is 0 Å². The summed E-state index contributed by atoms with van der Waals surface area (Å²) in [5, 5.41) is 7.09. The molecule has 1 aromatic rings. The van der Waals surface area contributed by atoms with E-state index in [1.54, 1.807) is 10.7 Å². The number of nitrogens with two attached hydrogens (primary N) is 1. The Labute approximate surface area is 109 Å². The molecule has 1 heterocycles. The number of nitrogens with one attached hydrogen (secondary N) is 1. The first kappa shape index (κ1) is 14.7. The minimum Gasteiger partial charge on any atom is -0.350 e. The van der Waals surface area contributed by atoms with Crippen molar-refractivity contribution in [1.29, 1.82) is 0 Å². The van der Waals surface area contributed by atoms with Gasteiger partial charge in [-0.15, -0.1) is 0 Å². The highest BCUT2D eigenvalue weighted by molar-refractivity contribution is 5.92. The van der Waals surface area contributed by atoms with E-state index in [9.17, 15) is 4.79 Å². The molecule has 1 aromatic heterocycles. The number of aromatic nitrogens is 2. The van der Waals surface area contributed by atoms with Gasteiger partial charge in [0.1, 0.15) is 5.69 Å². The Morgan fingerprint density at radius 2 is 2.22 bits per heavy atom. The van der Waals surface area contributed by atoms with E-state index in [0.717, 1.165) is 18.5 Å². The topological polar surface area (TPSA) is 72.9 Å². The second kappa shape index (κ2) is 6.00. The number of aryl methyl sites for hydroxylation is 2. The van der Waals surface area contributed by atoms with Gasteiger partial charge in [-0.25, -0.2) is 0 Å². The van der Waals surface area contributed by atoms with E-state index in [1.165, 1.54) is 0 Å². The van der Waals surface area contributed by atoms with Gasteiger partial charge in [0.05, 0.1) is 0 Å². The fourth-order valence-corrected chi connectivity index (χ4v) is 1.75. The van der Waals surface area contributed by atoms with Crippen LogP contribution in [0, 0.1) is 12.3 Å². The quantitative estimate of drug-likeness (QED) is 0.799. The van der Waals surface area contributed by atoms with Crippen LogP contribution in [-0.2, 0) is 7.05 Å². The molecule has 0 saturated heterocycles. The number of hydrogen-bond donors (Lipinski definition) is 2. The van der Waals surface area contributed by atoms with Gasteiger partial charge >= 0.3 is 0 Å². The smallest absolute Gasteiger partial charge is 0.271 e. The van der Waals surface area contributed by atoms with Crippen LogP contribution in [0.4, 0.5) is 0 Å². The van der Waals surface area contributed by atoms with E-state index >= 15 is 0 Å². The lowest BCUT2D eigenvalue weighted by molar-refractivity contribution is 0.0928. The van der Waals surface area contributed by atoms with Crippen LogP contribution in [0.3, 0.4) is 0 Å². The van der Waals surface area contributed by atoms with Crippen molar-refractivity contribution in [2.45, 2.75) is 33.6 Å². The van der Waals surface area contributed by atoms with Gasteiger partial charge in [0.25, 0.3) is 5.91 Å². The van der Waals surface area contributed by atoms with Crippen LogP contribution in [0.25, 0.3) is 0 Å². The van der Waals surface area contributed by atoms with Gasteiger partial charge < -0.3 is 11.1 Å². The largest absolute Gasteiger partial charge is 0.350 e. The van der Waals surface area contributed by atoms with Crippen molar-refractivity contribution in [3.8, 4) is 0 Å². The lowest BCUT2D eigenvalue weighted by Gasteiger charge is -2.24. The molecule has 0 aromatic carbocycles. The van der Waals surface area contributed by atoms with Gasteiger partial charge in [0.2, 0.25) is 0 Å². The molecule has 102 valence electrons. The summed E-state index contributed by atoms with van der Waals surface area (Å²) in [6.07, 6.45) is 1.98. The average Bonchev–Trinajstić information content (AvgIpc) is 2.64. The number of hydrogen-bond acceptors (Lipinski definition) is 3. The number of rotatable bonds is 6. The van der Waals surface area contributed by atoms with E-state index in [-0.39, 0.29) is 11.3 Å². The van der Waals surface area contributed by atoms with E-state index in [1.807, 2.05) is 14.0 Å². The minimum atomic E-state index is -0.112. The molecule has 0 aliphatic rings. The van der Waals surface area contributed by atoms with Crippen molar-refractivity contribution < 1.29 is 4.79 Å². The Bertz CT molecular complexity index is 390. The number of carbonyl (C=O) groups excluding carboxylic acids is 1. The summed E-state index contributed by atoms with van der Waals surface area (Å²) in [4.78, 5) is 11.9. The SMILES string of the molecule is Cc1cc(C(=O)NCC(C)(C)CCCN)nn1C. The highest BCUT2D eigenvalue weighted by atomic mass is 16.1. The summed E-state index contributed by atoms with van der Waals surface area (Å²) >= 11 is 0. The van der Waals surface area contributed by atoms with Crippen LogP contribution >= 0.6 is 0 Å². The zero-order chi connectivity index (χ0) is 13.8. The highest BCUT2D eigenvalue weighted by Gasteiger charge is 2.19. The first-order valence-electron chi connectivity index (χ1n) is 6.34. The molecule has 0 fully saturated rings. The Balaban J connectivity index is 2.50. The predicted octanol–water partition coefficient (Wildman–Crippen LogP) is 1.22. The van der Waals surface area contributed by atoms with Crippen molar-refractivity contribution >= 4 is 5.91 Å². The molecule has 5 heteroatoms. The molecule has 3 N–H and O–H groups in total. The standard InChI is InChI=1S/C13H24N4O/c1-10-8-11(16-17(10)4)12(18)15-9-13(2,3)6-5-7-14/h8H,5-7,9,14H2,1-4H3,(H,15,18). The van der Waals surface area contributed by atoms with Gasteiger partial charge in [0.15, 0.2) is 0 Å². The van der Waals surface area contributed by atoms with Gasteiger partial charge in [0, 0.05) is 19.3 Å². The average molecular weight is 252 g/mol. The normalized spacial score (nSPS) is 11.6. The third-order valence-corrected chi connectivity index (χ3v) is 3.13. The molecule has 1 rings (SSSR count). The van der Waals surface area contributed by atoms with Crippen molar-refractivity contribution in [3.05, 3.63) is 17.5 Å². The summed E-state index contributed by atoms with van der Waals surface area (Å²) in [7, 11) is 1.83. The zero-order valence-corrected chi connectivity index (χ0v) is 11.8. The van der Waals surface area contributed by atoms with E-state index in [2.05, 4.69) is 24.3 Å². The second-order valence-corrected chi connectivity index (χ2v) is 5.53. The van der Waals surface area contributed by atoms with Gasteiger partial charge in [-0.05, 0) is 37.8 Å². The van der Waals surface area contributed by atoms with Crippen LogP contribution in [0.1, 0.15) is 42.9 Å². The maximum atomic E-state index is 11.9. The third-order valence-electron chi connectivity index (χ3n) is 3.13. The maximum Gasteiger partial charge on any atom is 0.271 e. The zero-order valence-electron chi connectivity index (χ0n) is 11.8. The number of amides is 1. The van der Waals surface area contributed by atoms with Crippen molar-refractivity contribution in [2.75, 3.05) is 13.1 Å². The summed E-state index contributed by atoms with van der Waals surface area (Å²) in [5.74, 6) is -0.112. The molecule has 1 amide bonds. The summed E-state index contributed by atoms with van der Waals surface area (Å²) < 4.78 is 1.70. The Hall–Kier alpha value is -1.36. The molecule has 0 bridgehead atoms. The summed E-state index contributed by atoms with van der Waals surface area (Å²) in [6, 6.07) is 1.79. The Kier molecular flexibility index (Phi) is 4.90. The predicted molar refractivity (Wildman–Crippen MR) is 72.3 cm³/mol. The van der Waals surface area contributed by atoms with E-state index < -0.39 is 0 Å². The Morgan fingerprint density at radius 1 is 1.56 bits per heavy atom. The second-order valence-electron chi connectivity index (χ2n) is 5.53. The fraction of sp³-hybridized carbons (Fsp3) is 0.692. The molecule has 0 saturated carbocycles. The molecule has 0 aliphatic carbocycles. The maximum absolute atomic E-state index is 11.9. The van der Waals surface area contributed by atoms with Crippen LogP contribution in [-0.4, -0.2) is 28.8 Å². The van der Waals surface area contributed by atoms with Crippen molar-refractivity contribution in [3.63, 3.8) is 0 Å². The lowest BCUT2D eigenvalue weighted by Crippen LogP contribution is -2.34. The van der Waals surface area contributed by atoms with Crippen LogP contribution in [0.15, 0.2) is 6.07 Å². The minimum absolute atomic E-state index is 0.0683. The van der Waals surface area contributed by atoms with Crippen molar-refractivity contribution in [1.82, 2.24) is 15.1 Å². The molecule has 5 nitrogen and oxygen atoms in total. The van der Waals surface area contributed by atoms with Gasteiger partial charge in [-0.1, -0.05) is 13.8 Å². The van der Waals surface area contributed by atoms with Gasteiger partial charge in [-0.2, -0.15) is 5.10 Å². The monoisotopic (exact) mass is 252 g/mol. The highest BCUT2D eigenvalue weighted by Crippen LogP contribution is 2.20.